The summed E-state index contributed by atoms with van der Waals surface area (Å²) < 4.78 is 0. The number of hydrogen-bond acceptors (Lipinski definition) is 4. The summed E-state index contributed by atoms with van der Waals surface area (Å²) in [7, 11) is 0. The minimum absolute atomic E-state index is 0.156. The SMILES string of the molecule is Cc1cc(N2CC(CO)C2)ccc1[N+](=O)[O-]. The molecule has 0 aromatic heterocycles. The summed E-state index contributed by atoms with van der Waals surface area (Å²) in [5.41, 5.74) is 1.82. The molecule has 0 atom stereocenters. The quantitative estimate of drug-likeness (QED) is 0.619. The van der Waals surface area contributed by atoms with Crippen molar-refractivity contribution in [3.63, 3.8) is 0 Å². The van der Waals surface area contributed by atoms with E-state index in [0.717, 1.165) is 18.8 Å². The minimum Gasteiger partial charge on any atom is -0.396 e. The number of aryl methyl sites for hydroxylation is 1. The number of hydrogen-bond donors (Lipinski definition) is 1. The van der Waals surface area contributed by atoms with E-state index in [9.17, 15) is 10.1 Å². The Balaban J connectivity index is 2.13. The third-order valence-electron chi connectivity index (χ3n) is 2.96. The molecule has 1 aliphatic rings. The van der Waals surface area contributed by atoms with Crippen LogP contribution in [0.4, 0.5) is 11.4 Å². The Morgan fingerprint density at radius 3 is 2.75 bits per heavy atom. The van der Waals surface area contributed by atoms with Gasteiger partial charge >= 0.3 is 0 Å². The van der Waals surface area contributed by atoms with Crippen LogP contribution in [0.1, 0.15) is 5.56 Å². The molecule has 0 saturated carbocycles. The third kappa shape index (κ3) is 1.86. The second kappa shape index (κ2) is 4.09. The number of benzene rings is 1. The van der Waals surface area contributed by atoms with Gasteiger partial charge in [0.25, 0.3) is 5.69 Å². The average molecular weight is 222 g/mol. The summed E-state index contributed by atoms with van der Waals surface area (Å²) in [6.07, 6.45) is 0. The summed E-state index contributed by atoms with van der Waals surface area (Å²) in [5, 5.41) is 19.5. The van der Waals surface area contributed by atoms with Crippen molar-refractivity contribution in [2.75, 3.05) is 24.6 Å². The fourth-order valence-corrected chi connectivity index (χ4v) is 1.94. The molecule has 0 aliphatic carbocycles. The van der Waals surface area contributed by atoms with Crippen LogP contribution in [0, 0.1) is 23.0 Å². The normalized spacial score (nSPS) is 16.0. The standard InChI is InChI=1S/C11H14N2O3/c1-8-4-10(2-3-11(8)13(15)16)12-5-9(6-12)7-14/h2-4,9,14H,5-7H2,1H3. The average Bonchev–Trinajstić information content (AvgIpc) is 2.15. The van der Waals surface area contributed by atoms with Gasteiger partial charge in [0, 0.05) is 42.9 Å². The van der Waals surface area contributed by atoms with E-state index in [1.54, 1.807) is 13.0 Å². The molecule has 1 aromatic carbocycles. The van der Waals surface area contributed by atoms with Gasteiger partial charge in [-0.2, -0.15) is 0 Å². The molecule has 0 unspecified atom stereocenters. The Kier molecular flexibility index (Phi) is 2.78. The second-order valence-corrected chi connectivity index (χ2v) is 4.18. The topological polar surface area (TPSA) is 66.6 Å². The van der Waals surface area contributed by atoms with E-state index in [-0.39, 0.29) is 17.2 Å². The van der Waals surface area contributed by atoms with E-state index >= 15 is 0 Å². The lowest BCUT2D eigenvalue weighted by Crippen LogP contribution is -2.48. The summed E-state index contributed by atoms with van der Waals surface area (Å²) in [6.45, 7) is 3.61. The van der Waals surface area contributed by atoms with Crippen LogP contribution in [0.3, 0.4) is 0 Å². The summed E-state index contributed by atoms with van der Waals surface area (Å²) >= 11 is 0. The molecule has 5 nitrogen and oxygen atoms in total. The lowest BCUT2D eigenvalue weighted by atomic mass is 10.00. The van der Waals surface area contributed by atoms with Crippen molar-refractivity contribution >= 4 is 11.4 Å². The molecule has 0 bridgehead atoms. The maximum absolute atomic E-state index is 10.6. The maximum atomic E-state index is 10.6. The van der Waals surface area contributed by atoms with Crippen molar-refractivity contribution in [3.8, 4) is 0 Å². The molecule has 2 rings (SSSR count). The van der Waals surface area contributed by atoms with Gasteiger partial charge in [0.05, 0.1) is 4.92 Å². The van der Waals surface area contributed by atoms with Gasteiger partial charge in [-0.05, 0) is 19.1 Å². The first-order chi connectivity index (χ1) is 7.61. The predicted molar refractivity (Wildman–Crippen MR) is 60.6 cm³/mol. The molecule has 0 amide bonds. The highest BCUT2D eigenvalue weighted by molar-refractivity contribution is 5.56. The van der Waals surface area contributed by atoms with Gasteiger partial charge in [0.2, 0.25) is 0 Å². The highest BCUT2D eigenvalue weighted by atomic mass is 16.6. The number of nitro groups is 1. The fraction of sp³-hybridized carbons (Fsp3) is 0.455. The third-order valence-corrected chi connectivity index (χ3v) is 2.96. The zero-order valence-corrected chi connectivity index (χ0v) is 9.09. The van der Waals surface area contributed by atoms with Gasteiger partial charge in [-0.3, -0.25) is 10.1 Å². The molecule has 1 fully saturated rings. The zero-order chi connectivity index (χ0) is 11.7. The fourth-order valence-electron chi connectivity index (χ4n) is 1.94. The number of nitro benzene ring substituents is 1. The molecule has 0 radical (unpaired) electrons. The number of aliphatic hydroxyl groups is 1. The lowest BCUT2D eigenvalue weighted by molar-refractivity contribution is -0.385. The monoisotopic (exact) mass is 222 g/mol. The Labute approximate surface area is 93.5 Å². The molecular formula is C11H14N2O3. The van der Waals surface area contributed by atoms with Crippen molar-refractivity contribution in [2.45, 2.75) is 6.92 Å². The maximum Gasteiger partial charge on any atom is 0.272 e. The first-order valence-electron chi connectivity index (χ1n) is 5.22. The molecule has 1 aromatic rings. The van der Waals surface area contributed by atoms with Crippen LogP contribution in [0.15, 0.2) is 18.2 Å². The van der Waals surface area contributed by atoms with Gasteiger partial charge in [0.1, 0.15) is 0 Å². The van der Waals surface area contributed by atoms with Crippen LogP contribution in [-0.4, -0.2) is 29.7 Å². The van der Waals surface area contributed by atoms with Crippen LogP contribution >= 0.6 is 0 Å². The van der Waals surface area contributed by atoms with Crippen LogP contribution < -0.4 is 4.90 Å². The Morgan fingerprint density at radius 2 is 2.25 bits per heavy atom. The first kappa shape index (κ1) is 10.9. The smallest absolute Gasteiger partial charge is 0.272 e. The van der Waals surface area contributed by atoms with Crippen molar-refractivity contribution in [1.29, 1.82) is 0 Å². The largest absolute Gasteiger partial charge is 0.396 e. The lowest BCUT2D eigenvalue weighted by Gasteiger charge is -2.40. The molecule has 5 heteroatoms. The van der Waals surface area contributed by atoms with E-state index in [2.05, 4.69) is 4.90 Å². The van der Waals surface area contributed by atoms with Crippen LogP contribution in [0.2, 0.25) is 0 Å². The molecule has 16 heavy (non-hydrogen) atoms. The molecule has 86 valence electrons. The second-order valence-electron chi connectivity index (χ2n) is 4.18. The molecule has 1 saturated heterocycles. The molecule has 1 heterocycles. The van der Waals surface area contributed by atoms with Gasteiger partial charge in [-0.15, -0.1) is 0 Å². The minimum atomic E-state index is -0.369. The van der Waals surface area contributed by atoms with E-state index < -0.39 is 0 Å². The number of anilines is 1. The zero-order valence-electron chi connectivity index (χ0n) is 9.09. The van der Waals surface area contributed by atoms with Gasteiger partial charge in [-0.1, -0.05) is 0 Å². The Hall–Kier alpha value is -1.62. The van der Waals surface area contributed by atoms with Gasteiger partial charge in [-0.25, -0.2) is 0 Å². The Morgan fingerprint density at radius 1 is 1.56 bits per heavy atom. The van der Waals surface area contributed by atoms with Crippen LogP contribution in [0.5, 0.6) is 0 Å². The first-order valence-corrected chi connectivity index (χ1v) is 5.22. The van der Waals surface area contributed by atoms with E-state index in [0.29, 0.717) is 11.5 Å². The molecule has 1 aliphatic heterocycles. The van der Waals surface area contributed by atoms with Crippen molar-refractivity contribution in [3.05, 3.63) is 33.9 Å². The van der Waals surface area contributed by atoms with Gasteiger partial charge in [0.15, 0.2) is 0 Å². The highest BCUT2D eigenvalue weighted by Gasteiger charge is 2.26. The summed E-state index contributed by atoms with van der Waals surface area (Å²) in [4.78, 5) is 12.4. The highest BCUT2D eigenvalue weighted by Crippen LogP contribution is 2.28. The molecule has 0 spiro atoms. The predicted octanol–water partition coefficient (Wildman–Crippen LogP) is 1.33. The molecular weight excluding hydrogens is 208 g/mol. The number of nitrogens with zero attached hydrogens (tertiary/aromatic N) is 2. The van der Waals surface area contributed by atoms with Crippen molar-refractivity contribution in [2.24, 2.45) is 5.92 Å². The van der Waals surface area contributed by atoms with E-state index in [4.69, 9.17) is 5.11 Å². The summed E-state index contributed by atoms with van der Waals surface area (Å²) in [6, 6.07) is 5.13. The number of aliphatic hydroxyl groups excluding tert-OH is 1. The van der Waals surface area contributed by atoms with Crippen molar-refractivity contribution in [1.82, 2.24) is 0 Å². The van der Waals surface area contributed by atoms with E-state index in [1.807, 2.05) is 6.07 Å². The molecule has 1 N–H and O–H groups in total. The van der Waals surface area contributed by atoms with Gasteiger partial charge < -0.3 is 10.0 Å². The van der Waals surface area contributed by atoms with Crippen LogP contribution in [-0.2, 0) is 0 Å². The van der Waals surface area contributed by atoms with Crippen LogP contribution in [0.25, 0.3) is 0 Å². The van der Waals surface area contributed by atoms with Crippen molar-refractivity contribution < 1.29 is 10.0 Å². The summed E-state index contributed by atoms with van der Waals surface area (Å²) in [5.74, 6) is 0.343. The van der Waals surface area contributed by atoms with E-state index in [1.165, 1.54) is 6.07 Å². The number of rotatable bonds is 3. The Bertz CT molecular complexity index is 414.